The zero-order valence-electron chi connectivity index (χ0n) is 15.3. The van der Waals surface area contributed by atoms with Gasteiger partial charge in [0.2, 0.25) is 4.96 Å². The normalized spacial score (nSPS) is 11.1. The molecular formula is C19H17Cl2N5OS. The molecule has 0 saturated carbocycles. The molecule has 0 aliphatic heterocycles. The van der Waals surface area contributed by atoms with Gasteiger partial charge in [-0.15, -0.1) is 10.2 Å². The Morgan fingerprint density at radius 1 is 1.07 bits per heavy atom. The molecule has 4 rings (SSSR count). The smallest absolute Gasteiger partial charge is 0.234 e. The van der Waals surface area contributed by atoms with E-state index in [2.05, 4.69) is 20.2 Å². The number of aromatic nitrogens is 4. The van der Waals surface area contributed by atoms with Gasteiger partial charge in [-0.3, -0.25) is 0 Å². The van der Waals surface area contributed by atoms with Crippen molar-refractivity contribution in [1.29, 1.82) is 0 Å². The fourth-order valence-corrected chi connectivity index (χ4v) is 3.96. The standard InChI is InChI=1S/C19H17Cl2N5OS/c1-25(2)14-6-3-12(4-7-14)18-22-23-19-26(18)24-17(28-19)9-10-27-16-8-5-13(20)11-15(16)21/h3-8,11H,9-10H2,1-2H3. The van der Waals surface area contributed by atoms with E-state index in [9.17, 15) is 0 Å². The van der Waals surface area contributed by atoms with Gasteiger partial charge in [0.05, 0.1) is 11.6 Å². The average molecular weight is 434 g/mol. The molecule has 0 spiro atoms. The van der Waals surface area contributed by atoms with E-state index < -0.39 is 0 Å². The molecular weight excluding hydrogens is 417 g/mol. The third-order valence-electron chi connectivity index (χ3n) is 4.14. The van der Waals surface area contributed by atoms with Crippen LogP contribution in [0, 0.1) is 0 Å². The lowest BCUT2D eigenvalue weighted by atomic mass is 10.2. The highest BCUT2D eigenvalue weighted by Gasteiger charge is 2.14. The molecule has 0 aliphatic carbocycles. The van der Waals surface area contributed by atoms with E-state index >= 15 is 0 Å². The Kier molecular flexibility index (Phi) is 5.39. The van der Waals surface area contributed by atoms with Crippen LogP contribution < -0.4 is 9.64 Å². The molecule has 2 heterocycles. The van der Waals surface area contributed by atoms with E-state index in [1.165, 1.54) is 11.3 Å². The molecule has 0 amide bonds. The van der Waals surface area contributed by atoms with Crippen LogP contribution in [-0.4, -0.2) is 40.5 Å². The second-order valence-electron chi connectivity index (χ2n) is 6.33. The van der Waals surface area contributed by atoms with Crippen molar-refractivity contribution < 1.29 is 4.74 Å². The van der Waals surface area contributed by atoms with E-state index in [1.54, 1.807) is 22.7 Å². The molecule has 0 bridgehead atoms. The van der Waals surface area contributed by atoms with Crippen LogP contribution in [0.2, 0.25) is 10.0 Å². The number of hydrogen-bond acceptors (Lipinski definition) is 6. The summed E-state index contributed by atoms with van der Waals surface area (Å²) in [6.07, 6.45) is 0.645. The number of rotatable bonds is 6. The van der Waals surface area contributed by atoms with Gasteiger partial charge in [0.25, 0.3) is 0 Å². The van der Waals surface area contributed by atoms with E-state index in [1.807, 2.05) is 38.4 Å². The first kappa shape index (κ1) is 19.0. The van der Waals surface area contributed by atoms with Crippen LogP contribution >= 0.6 is 34.5 Å². The largest absolute Gasteiger partial charge is 0.492 e. The van der Waals surface area contributed by atoms with Gasteiger partial charge >= 0.3 is 0 Å². The number of fused-ring (bicyclic) bond motifs is 1. The Bertz CT molecular complexity index is 1110. The molecule has 0 saturated heterocycles. The van der Waals surface area contributed by atoms with Crippen molar-refractivity contribution in [3.8, 4) is 17.1 Å². The van der Waals surface area contributed by atoms with Gasteiger partial charge in [-0.25, -0.2) is 0 Å². The van der Waals surface area contributed by atoms with Crippen molar-refractivity contribution in [1.82, 2.24) is 19.8 Å². The number of hydrogen-bond donors (Lipinski definition) is 0. The van der Waals surface area contributed by atoms with Crippen LogP contribution in [-0.2, 0) is 6.42 Å². The highest BCUT2D eigenvalue weighted by molar-refractivity contribution is 7.16. The lowest BCUT2D eigenvalue weighted by molar-refractivity contribution is 0.321. The van der Waals surface area contributed by atoms with Crippen molar-refractivity contribution in [2.75, 3.05) is 25.6 Å². The molecule has 28 heavy (non-hydrogen) atoms. The van der Waals surface area contributed by atoms with Gasteiger partial charge in [0, 0.05) is 36.8 Å². The summed E-state index contributed by atoms with van der Waals surface area (Å²) in [6.45, 7) is 0.457. The summed E-state index contributed by atoms with van der Waals surface area (Å²) in [5, 5.41) is 15.2. The second kappa shape index (κ2) is 7.95. The Morgan fingerprint density at radius 3 is 2.57 bits per heavy atom. The second-order valence-corrected chi connectivity index (χ2v) is 8.21. The van der Waals surface area contributed by atoms with Crippen molar-refractivity contribution >= 4 is 45.2 Å². The molecule has 0 atom stereocenters. The molecule has 9 heteroatoms. The molecule has 0 radical (unpaired) electrons. The Morgan fingerprint density at radius 2 is 1.86 bits per heavy atom. The van der Waals surface area contributed by atoms with Crippen molar-refractivity contribution in [2.24, 2.45) is 0 Å². The number of anilines is 1. The predicted octanol–water partition coefficient (Wildman–Crippen LogP) is 4.85. The quantitative estimate of drug-likeness (QED) is 0.435. The molecule has 2 aromatic heterocycles. The van der Waals surface area contributed by atoms with E-state index in [0.717, 1.165) is 27.0 Å². The maximum atomic E-state index is 6.13. The Labute approximate surface area is 176 Å². The van der Waals surface area contributed by atoms with E-state index in [4.69, 9.17) is 27.9 Å². The molecule has 4 aromatic rings. The molecule has 0 aliphatic rings. The average Bonchev–Trinajstić information content (AvgIpc) is 3.24. The van der Waals surface area contributed by atoms with Crippen LogP contribution in [0.4, 0.5) is 5.69 Å². The summed E-state index contributed by atoms with van der Waals surface area (Å²) in [7, 11) is 4.02. The maximum absolute atomic E-state index is 6.13. The van der Waals surface area contributed by atoms with Gasteiger partial charge in [-0.2, -0.15) is 9.61 Å². The monoisotopic (exact) mass is 433 g/mol. The molecule has 0 N–H and O–H groups in total. The van der Waals surface area contributed by atoms with Gasteiger partial charge in [0.15, 0.2) is 5.82 Å². The number of halogens is 2. The number of benzene rings is 2. The fourth-order valence-electron chi connectivity index (χ4n) is 2.69. The first-order chi connectivity index (χ1) is 13.5. The minimum Gasteiger partial charge on any atom is -0.492 e. The van der Waals surface area contributed by atoms with Crippen molar-refractivity contribution in [3.05, 3.63) is 57.5 Å². The number of ether oxygens (including phenoxy) is 1. The van der Waals surface area contributed by atoms with E-state index in [-0.39, 0.29) is 0 Å². The zero-order chi connectivity index (χ0) is 19.7. The van der Waals surface area contributed by atoms with Crippen molar-refractivity contribution in [3.63, 3.8) is 0 Å². The van der Waals surface area contributed by atoms with Crippen molar-refractivity contribution in [2.45, 2.75) is 6.42 Å². The van der Waals surface area contributed by atoms with Gasteiger partial charge in [-0.05, 0) is 42.5 Å². The summed E-state index contributed by atoms with van der Waals surface area (Å²) in [4.78, 5) is 2.81. The topological polar surface area (TPSA) is 55.5 Å². The van der Waals surface area contributed by atoms with Crippen LogP contribution in [0.25, 0.3) is 16.3 Å². The lowest BCUT2D eigenvalue weighted by Crippen LogP contribution is -2.08. The van der Waals surface area contributed by atoms with Gasteiger partial charge in [-0.1, -0.05) is 34.5 Å². The zero-order valence-corrected chi connectivity index (χ0v) is 17.6. The van der Waals surface area contributed by atoms with Gasteiger partial charge < -0.3 is 9.64 Å². The summed E-state index contributed by atoms with van der Waals surface area (Å²) < 4.78 is 7.52. The molecule has 144 valence electrons. The highest BCUT2D eigenvalue weighted by atomic mass is 35.5. The fraction of sp³-hybridized carbons (Fsp3) is 0.211. The van der Waals surface area contributed by atoms with Crippen LogP contribution in [0.15, 0.2) is 42.5 Å². The highest BCUT2D eigenvalue weighted by Crippen LogP contribution is 2.28. The first-order valence-electron chi connectivity index (χ1n) is 8.58. The van der Waals surface area contributed by atoms with E-state index in [0.29, 0.717) is 28.8 Å². The third kappa shape index (κ3) is 3.92. The predicted molar refractivity (Wildman–Crippen MR) is 114 cm³/mol. The van der Waals surface area contributed by atoms with Crippen LogP contribution in [0.1, 0.15) is 5.01 Å². The summed E-state index contributed by atoms with van der Waals surface area (Å²) in [6, 6.07) is 13.3. The third-order valence-corrected chi connectivity index (χ3v) is 5.63. The maximum Gasteiger partial charge on any atom is 0.234 e. The van der Waals surface area contributed by atoms with Gasteiger partial charge in [0.1, 0.15) is 10.8 Å². The number of nitrogens with zero attached hydrogens (tertiary/aromatic N) is 5. The Hall–Kier alpha value is -2.35. The summed E-state index contributed by atoms with van der Waals surface area (Å²) >= 11 is 13.5. The lowest BCUT2D eigenvalue weighted by Gasteiger charge is -2.12. The van der Waals surface area contributed by atoms with Crippen LogP contribution in [0.5, 0.6) is 5.75 Å². The Balaban J connectivity index is 1.48. The summed E-state index contributed by atoms with van der Waals surface area (Å²) in [5.41, 5.74) is 2.10. The SMILES string of the molecule is CN(C)c1ccc(-c2nnc3sc(CCOc4ccc(Cl)cc4Cl)nn23)cc1. The first-order valence-corrected chi connectivity index (χ1v) is 10.2. The minimum atomic E-state index is 0.457. The molecule has 0 fully saturated rings. The molecule has 0 unspecified atom stereocenters. The van der Waals surface area contributed by atoms with Crippen LogP contribution in [0.3, 0.4) is 0 Å². The summed E-state index contributed by atoms with van der Waals surface area (Å²) in [5.74, 6) is 1.33. The molecule has 6 nitrogen and oxygen atoms in total. The molecule has 2 aromatic carbocycles. The minimum absolute atomic E-state index is 0.457.